The fraction of sp³-hybridized carbons (Fsp3) is 0.571. The maximum atomic E-state index is 6.12. The molecular weight excluding hydrogens is 234 g/mol. The lowest BCUT2D eigenvalue weighted by Crippen LogP contribution is -2.34. The van der Waals surface area contributed by atoms with Gasteiger partial charge in [-0.15, -0.1) is 0 Å². The molecule has 0 saturated heterocycles. The van der Waals surface area contributed by atoms with Crippen LogP contribution in [0.2, 0.25) is 5.02 Å². The molecule has 1 N–H and O–H groups in total. The van der Waals surface area contributed by atoms with Gasteiger partial charge in [0.1, 0.15) is 5.75 Å². The zero-order valence-electron chi connectivity index (χ0n) is 11.1. The highest BCUT2D eigenvalue weighted by Gasteiger charge is 2.18. The lowest BCUT2D eigenvalue weighted by atomic mass is 9.95. The van der Waals surface area contributed by atoms with E-state index in [1.54, 1.807) is 0 Å². The summed E-state index contributed by atoms with van der Waals surface area (Å²) in [6.07, 6.45) is 0. The molecule has 2 nitrogen and oxygen atoms in total. The summed E-state index contributed by atoms with van der Waals surface area (Å²) in [5.74, 6) is 0.766. The molecule has 0 aliphatic heterocycles. The van der Waals surface area contributed by atoms with Crippen molar-refractivity contribution in [3.63, 3.8) is 0 Å². The Labute approximate surface area is 109 Å². The van der Waals surface area contributed by atoms with Gasteiger partial charge in [-0.05, 0) is 31.2 Å². The first-order valence-electron chi connectivity index (χ1n) is 6.04. The predicted octanol–water partition coefficient (Wildman–Crippen LogP) is 3.66. The average Bonchev–Trinajstić information content (AvgIpc) is 2.25. The molecular formula is C14H22ClNO. The second kappa shape index (κ2) is 6.27. The summed E-state index contributed by atoms with van der Waals surface area (Å²) in [4.78, 5) is 0. The van der Waals surface area contributed by atoms with E-state index in [0.717, 1.165) is 24.4 Å². The molecule has 0 aliphatic carbocycles. The van der Waals surface area contributed by atoms with E-state index in [9.17, 15) is 0 Å². The molecule has 1 aromatic carbocycles. The summed E-state index contributed by atoms with van der Waals surface area (Å²) < 4.78 is 5.78. The molecule has 1 aromatic rings. The van der Waals surface area contributed by atoms with Crippen LogP contribution in [-0.2, 0) is 0 Å². The van der Waals surface area contributed by atoms with Crippen LogP contribution in [0.1, 0.15) is 26.3 Å². The lowest BCUT2D eigenvalue weighted by Gasteiger charge is -2.25. The van der Waals surface area contributed by atoms with Crippen molar-refractivity contribution in [1.29, 1.82) is 0 Å². The summed E-state index contributed by atoms with van der Waals surface area (Å²) in [7, 11) is 0. The van der Waals surface area contributed by atoms with E-state index in [4.69, 9.17) is 16.3 Å². The Morgan fingerprint density at radius 1 is 1.35 bits per heavy atom. The molecule has 0 aliphatic rings. The Morgan fingerprint density at radius 2 is 2.06 bits per heavy atom. The van der Waals surface area contributed by atoms with Crippen molar-refractivity contribution in [1.82, 2.24) is 5.32 Å². The van der Waals surface area contributed by atoms with Crippen molar-refractivity contribution in [2.45, 2.75) is 27.7 Å². The van der Waals surface area contributed by atoms with E-state index >= 15 is 0 Å². The van der Waals surface area contributed by atoms with Gasteiger partial charge in [-0.2, -0.15) is 0 Å². The van der Waals surface area contributed by atoms with Crippen LogP contribution in [0, 0.1) is 12.3 Å². The van der Waals surface area contributed by atoms with Crippen LogP contribution in [0.25, 0.3) is 0 Å². The van der Waals surface area contributed by atoms with Gasteiger partial charge in [-0.25, -0.2) is 0 Å². The SMILES string of the molecule is CCNCC(C)(C)COc1ccc(C)cc1Cl. The van der Waals surface area contributed by atoms with Gasteiger partial charge in [0.2, 0.25) is 0 Å². The highest BCUT2D eigenvalue weighted by atomic mass is 35.5. The summed E-state index contributed by atoms with van der Waals surface area (Å²) in [6.45, 7) is 11.1. The highest BCUT2D eigenvalue weighted by molar-refractivity contribution is 6.32. The fourth-order valence-electron chi connectivity index (χ4n) is 1.51. The fourth-order valence-corrected chi connectivity index (χ4v) is 1.80. The van der Waals surface area contributed by atoms with E-state index in [2.05, 4.69) is 26.1 Å². The van der Waals surface area contributed by atoms with Crippen LogP contribution < -0.4 is 10.1 Å². The van der Waals surface area contributed by atoms with Crippen molar-refractivity contribution in [2.75, 3.05) is 19.7 Å². The molecule has 0 atom stereocenters. The number of aryl methyl sites for hydroxylation is 1. The second-order valence-corrected chi connectivity index (χ2v) is 5.57. The van der Waals surface area contributed by atoms with Gasteiger partial charge in [0.05, 0.1) is 11.6 Å². The van der Waals surface area contributed by atoms with Crippen LogP contribution in [0.3, 0.4) is 0 Å². The van der Waals surface area contributed by atoms with Gasteiger partial charge in [0.25, 0.3) is 0 Å². The molecule has 0 aromatic heterocycles. The van der Waals surface area contributed by atoms with Crippen molar-refractivity contribution < 1.29 is 4.74 Å². The Hall–Kier alpha value is -0.730. The molecule has 0 amide bonds. The maximum Gasteiger partial charge on any atom is 0.137 e. The molecule has 3 heteroatoms. The smallest absolute Gasteiger partial charge is 0.137 e. The number of ether oxygens (including phenoxy) is 1. The molecule has 0 spiro atoms. The summed E-state index contributed by atoms with van der Waals surface area (Å²) in [6, 6.07) is 5.87. The first kappa shape index (κ1) is 14.3. The van der Waals surface area contributed by atoms with Gasteiger partial charge in [-0.1, -0.05) is 38.4 Å². The van der Waals surface area contributed by atoms with Crippen molar-refractivity contribution >= 4 is 11.6 Å². The van der Waals surface area contributed by atoms with Crippen molar-refractivity contribution in [2.24, 2.45) is 5.41 Å². The predicted molar refractivity (Wildman–Crippen MR) is 74.0 cm³/mol. The first-order chi connectivity index (χ1) is 7.94. The minimum atomic E-state index is 0.101. The Bertz CT molecular complexity index is 363. The van der Waals surface area contributed by atoms with Crippen LogP contribution in [0.15, 0.2) is 18.2 Å². The summed E-state index contributed by atoms with van der Waals surface area (Å²) in [5, 5.41) is 4.02. The Morgan fingerprint density at radius 3 is 2.65 bits per heavy atom. The van der Waals surface area contributed by atoms with E-state index in [-0.39, 0.29) is 5.41 Å². The van der Waals surface area contributed by atoms with Gasteiger partial charge in [0, 0.05) is 12.0 Å². The molecule has 0 unspecified atom stereocenters. The number of nitrogens with one attached hydrogen (secondary N) is 1. The third-order valence-corrected chi connectivity index (χ3v) is 2.85. The molecule has 0 fully saturated rings. The molecule has 0 saturated carbocycles. The molecule has 17 heavy (non-hydrogen) atoms. The quantitative estimate of drug-likeness (QED) is 0.838. The summed E-state index contributed by atoms with van der Waals surface area (Å²) >= 11 is 6.12. The second-order valence-electron chi connectivity index (χ2n) is 5.17. The van der Waals surface area contributed by atoms with Gasteiger partial charge >= 0.3 is 0 Å². The number of benzene rings is 1. The molecule has 0 heterocycles. The normalized spacial score (nSPS) is 11.6. The van der Waals surface area contributed by atoms with Crippen LogP contribution in [0.5, 0.6) is 5.75 Å². The Balaban J connectivity index is 2.54. The largest absolute Gasteiger partial charge is 0.491 e. The minimum Gasteiger partial charge on any atom is -0.491 e. The molecule has 0 bridgehead atoms. The maximum absolute atomic E-state index is 6.12. The number of rotatable bonds is 6. The Kier molecular flexibility index (Phi) is 5.29. The zero-order valence-corrected chi connectivity index (χ0v) is 11.9. The van der Waals surface area contributed by atoms with Gasteiger partial charge in [-0.3, -0.25) is 0 Å². The monoisotopic (exact) mass is 255 g/mol. The summed E-state index contributed by atoms with van der Waals surface area (Å²) in [5.41, 5.74) is 1.25. The third-order valence-electron chi connectivity index (χ3n) is 2.56. The number of hydrogen-bond donors (Lipinski definition) is 1. The topological polar surface area (TPSA) is 21.3 Å². The zero-order chi connectivity index (χ0) is 12.9. The molecule has 96 valence electrons. The highest BCUT2D eigenvalue weighted by Crippen LogP contribution is 2.27. The number of halogens is 1. The standard InChI is InChI=1S/C14H22ClNO/c1-5-16-9-14(3,4)10-17-13-7-6-11(2)8-12(13)15/h6-8,16H,5,9-10H2,1-4H3. The van der Waals surface area contributed by atoms with E-state index < -0.39 is 0 Å². The van der Waals surface area contributed by atoms with Gasteiger partial charge < -0.3 is 10.1 Å². The lowest BCUT2D eigenvalue weighted by molar-refractivity contribution is 0.177. The first-order valence-corrected chi connectivity index (χ1v) is 6.42. The van der Waals surface area contributed by atoms with E-state index in [1.165, 1.54) is 0 Å². The van der Waals surface area contributed by atoms with Gasteiger partial charge in [0.15, 0.2) is 0 Å². The van der Waals surface area contributed by atoms with Crippen LogP contribution in [0.4, 0.5) is 0 Å². The van der Waals surface area contributed by atoms with Crippen molar-refractivity contribution in [3.05, 3.63) is 28.8 Å². The van der Waals surface area contributed by atoms with Crippen LogP contribution in [-0.4, -0.2) is 19.7 Å². The van der Waals surface area contributed by atoms with Crippen LogP contribution >= 0.6 is 11.6 Å². The third kappa shape index (κ3) is 4.97. The van der Waals surface area contributed by atoms with Crippen molar-refractivity contribution in [3.8, 4) is 5.75 Å². The van der Waals surface area contributed by atoms with E-state index in [1.807, 2.05) is 25.1 Å². The average molecular weight is 256 g/mol. The minimum absolute atomic E-state index is 0.101. The van der Waals surface area contributed by atoms with E-state index in [0.29, 0.717) is 11.6 Å². The molecule has 0 radical (unpaired) electrons. The molecule has 1 rings (SSSR count). The number of hydrogen-bond acceptors (Lipinski definition) is 2.